The van der Waals surface area contributed by atoms with Crippen molar-refractivity contribution in [3.05, 3.63) is 78.4 Å². The first-order valence-electron chi connectivity index (χ1n) is 13.9. The molecule has 1 unspecified atom stereocenters. The van der Waals surface area contributed by atoms with Crippen LogP contribution in [-0.4, -0.2) is 63.2 Å². The summed E-state index contributed by atoms with van der Waals surface area (Å²) in [4.78, 5) is 29.7. The van der Waals surface area contributed by atoms with Gasteiger partial charge in [0.2, 0.25) is 11.8 Å². The van der Waals surface area contributed by atoms with Gasteiger partial charge in [0.25, 0.3) is 10.0 Å². The molecular formula is C32H41N3O6S2. The maximum Gasteiger partial charge on any atom is 0.264 e. The van der Waals surface area contributed by atoms with E-state index in [-0.39, 0.29) is 17.3 Å². The lowest BCUT2D eigenvalue weighted by atomic mass is 10.1. The van der Waals surface area contributed by atoms with Gasteiger partial charge in [-0.2, -0.15) is 0 Å². The third-order valence-corrected chi connectivity index (χ3v) is 9.07. The van der Waals surface area contributed by atoms with Gasteiger partial charge in [-0.15, -0.1) is 11.8 Å². The van der Waals surface area contributed by atoms with Gasteiger partial charge < -0.3 is 19.7 Å². The van der Waals surface area contributed by atoms with E-state index >= 15 is 0 Å². The van der Waals surface area contributed by atoms with Crippen molar-refractivity contribution in [1.82, 2.24) is 10.2 Å². The van der Waals surface area contributed by atoms with Gasteiger partial charge in [0.05, 0.1) is 24.3 Å². The number of hydrogen-bond acceptors (Lipinski definition) is 7. The molecule has 3 aromatic carbocycles. The van der Waals surface area contributed by atoms with Crippen LogP contribution in [0.1, 0.15) is 40.2 Å². The Morgan fingerprint density at radius 1 is 0.930 bits per heavy atom. The number of thioether (sulfide) groups is 1. The van der Waals surface area contributed by atoms with Crippen LogP contribution >= 0.6 is 11.8 Å². The first kappa shape index (κ1) is 33.8. The monoisotopic (exact) mass is 627 g/mol. The van der Waals surface area contributed by atoms with Crippen LogP contribution in [0.5, 0.6) is 11.5 Å². The van der Waals surface area contributed by atoms with Crippen molar-refractivity contribution in [2.75, 3.05) is 30.8 Å². The predicted molar refractivity (Wildman–Crippen MR) is 171 cm³/mol. The molecule has 0 spiro atoms. The lowest BCUT2D eigenvalue weighted by Gasteiger charge is -2.33. The van der Waals surface area contributed by atoms with Gasteiger partial charge in [-0.1, -0.05) is 12.1 Å². The average molecular weight is 628 g/mol. The summed E-state index contributed by atoms with van der Waals surface area (Å²) in [6.07, 6.45) is 1.91. The zero-order valence-electron chi connectivity index (χ0n) is 25.8. The van der Waals surface area contributed by atoms with Crippen LogP contribution in [0.2, 0.25) is 0 Å². The Morgan fingerprint density at radius 3 is 2.02 bits per heavy atom. The van der Waals surface area contributed by atoms with Crippen LogP contribution in [0.4, 0.5) is 5.69 Å². The molecule has 0 aromatic heterocycles. The zero-order valence-corrected chi connectivity index (χ0v) is 27.4. The number of ether oxygens (including phenoxy) is 2. The van der Waals surface area contributed by atoms with E-state index in [0.717, 1.165) is 14.8 Å². The van der Waals surface area contributed by atoms with E-state index in [1.54, 1.807) is 62.6 Å². The number of methoxy groups -OCH3 is 1. The Balaban J connectivity index is 2.04. The van der Waals surface area contributed by atoms with Crippen molar-refractivity contribution in [2.45, 2.75) is 62.5 Å². The third-order valence-electron chi connectivity index (χ3n) is 6.54. The lowest BCUT2D eigenvalue weighted by molar-refractivity contribution is -0.140. The number of carbonyl (C=O) groups is 2. The van der Waals surface area contributed by atoms with Crippen LogP contribution < -0.4 is 19.1 Å². The molecule has 0 aliphatic carbocycles. The molecule has 43 heavy (non-hydrogen) atoms. The number of benzene rings is 3. The van der Waals surface area contributed by atoms with Gasteiger partial charge in [-0.05, 0) is 107 Å². The summed E-state index contributed by atoms with van der Waals surface area (Å²) in [5.74, 6) is 0.344. The molecule has 1 N–H and O–H groups in total. The largest absolute Gasteiger partial charge is 0.497 e. The van der Waals surface area contributed by atoms with Gasteiger partial charge >= 0.3 is 0 Å². The quantitative estimate of drug-likeness (QED) is 0.255. The molecular weight excluding hydrogens is 587 g/mol. The Kier molecular flexibility index (Phi) is 11.5. The molecule has 11 heteroatoms. The molecule has 232 valence electrons. The summed E-state index contributed by atoms with van der Waals surface area (Å²) in [5.41, 5.74) is 0.524. The minimum Gasteiger partial charge on any atom is -0.497 e. The molecule has 0 bridgehead atoms. The van der Waals surface area contributed by atoms with E-state index in [4.69, 9.17) is 9.47 Å². The second-order valence-electron chi connectivity index (χ2n) is 10.9. The number of rotatable bonds is 13. The fraction of sp³-hybridized carbons (Fsp3) is 0.375. The summed E-state index contributed by atoms with van der Waals surface area (Å²) in [6.45, 7) is 9.08. The highest BCUT2D eigenvalue weighted by atomic mass is 32.2. The summed E-state index contributed by atoms with van der Waals surface area (Å²) in [5, 5.41) is 2.93. The van der Waals surface area contributed by atoms with Gasteiger partial charge in [-0.25, -0.2) is 8.42 Å². The average Bonchev–Trinajstić information content (AvgIpc) is 2.98. The van der Waals surface area contributed by atoms with E-state index in [0.29, 0.717) is 23.8 Å². The number of amides is 2. The first-order chi connectivity index (χ1) is 20.3. The third kappa shape index (κ3) is 9.14. The molecule has 0 radical (unpaired) electrons. The minimum absolute atomic E-state index is 0.0483. The highest BCUT2D eigenvalue weighted by molar-refractivity contribution is 7.98. The summed E-state index contributed by atoms with van der Waals surface area (Å²) < 4.78 is 40.0. The number of nitrogens with one attached hydrogen (secondary N) is 1. The topological polar surface area (TPSA) is 105 Å². The second kappa shape index (κ2) is 14.7. The van der Waals surface area contributed by atoms with Crippen molar-refractivity contribution in [2.24, 2.45) is 0 Å². The Labute approximate surface area is 259 Å². The molecule has 0 saturated heterocycles. The van der Waals surface area contributed by atoms with Gasteiger partial charge in [0, 0.05) is 17.0 Å². The van der Waals surface area contributed by atoms with Crippen LogP contribution in [0, 0.1) is 0 Å². The number of sulfonamides is 1. The Hall–Kier alpha value is -3.70. The minimum atomic E-state index is -4.17. The smallest absolute Gasteiger partial charge is 0.264 e. The van der Waals surface area contributed by atoms with E-state index in [9.17, 15) is 18.0 Å². The van der Waals surface area contributed by atoms with Gasteiger partial charge in [0.15, 0.2) is 0 Å². The van der Waals surface area contributed by atoms with Crippen LogP contribution in [-0.2, 0) is 26.2 Å². The van der Waals surface area contributed by atoms with Gasteiger partial charge in [-0.3, -0.25) is 13.9 Å². The fourth-order valence-electron chi connectivity index (χ4n) is 4.26. The summed E-state index contributed by atoms with van der Waals surface area (Å²) in [7, 11) is -2.61. The molecule has 2 amide bonds. The van der Waals surface area contributed by atoms with Crippen molar-refractivity contribution in [1.29, 1.82) is 0 Å². The van der Waals surface area contributed by atoms with E-state index in [1.807, 2.05) is 46.1 Å². The SMILES string of the molecule is CCOc1ccc(N(CC(=O)N(Cc2ccc(OC)cc2)C(C)C(=O)NC(C)(C)C)S(=O)(=O)c2ccc(SC)cc2)cc1. The standard InChI is InChI=1S/C32H41N3O6S2/c1-8-41-27-15-11-25(12-16-27)35(43(38,39)29-19-17-28(42-7)18-20-29)22-30(36)34(23(2)31(37)33-32(3,4)5)21-24-9-13-26(40-6)14-10-24/h9-20,23H,8,21-22H2,1-7H3,(H,33,37). The zero-order chi connectivity index (χ0) is 31.8. The summed E-state index contributed by atoms with van der Waals surface area (Å²) >= 11 is 1.50. The molecule has 9 nitrogen and oxygen atoms in total. The molecule has 3 aromatic rings. The molecule has 0 fully saturated rings. The van der Waals surface area contributed by atoms with Gasteiger partial charge in [0.1, 0.15) is 24.1 Å². The number of nitrogens with zero attached hydrogens (tertiary/aromatic N) is 2. The second-order valence-corrected chi connectivity index (χ2v) is 13.6. The highest BCUT2D eigenvalue weighted by Crippen LogP contribution is 2.28. The van der Waals surface area contributed by atoms with Crippen LogP contribution in [0.25, 0.3) is 0 Å². The maximum atomic E-state index is 14.1. The molecule has 1 atom stereocenters. The lowest BCUT2D eigenvalue weighted by Crippen LogP contribution is -2.54. The molecule has 0 aliphatic rings. The normalized spacial score (nSPS) is 12.3. The highest BCUT2D eigenvalue weighted by Gasteiger charge is 2.33. The van der Waals surface area contributed by atoms with Crippen molar-refractivity contribution >= 4 is 39.3 Å². The fourth-order valence-corrected chi connectivity index (χ4v) is 6.09. The van der Waals surface area contributed by atoms with Crippen LogP contribution in [0.15, 0.2) is 82.6 Å². The van der Waals surface area contributed by atoms with Crippen LogP contribution in [0.3, 0.4) is 0 Å². The van der Waals surface area contributed by atoms with E-state index in [1.165, 1.54) is 28.8 Å². The number of anilines is 1. The summed E-state index contributed by atoms with van der Waals surface area (Å²) in [6, 6.07) is 19.3. The Bertz CT molecular complexity index is 1470. The van der Waals surface area contributed by atoms with E-state index in [2.05, 4.69) is 5.32 Å². The predicted octanol–water partition coefficient (Wildman–Crippen LogP) is 5.34. The van der Waals surface area contributed by atoms with E-state index < -0.39 is 34.1 Å². The van der Waals surface area contributed by atoms with Crippen molar-refractivity contribution in [3.8, 4) is 11.5 Å². The molecule has 0 saturated carbocycles. The number of carbonyl (C=O) groups excluding carboxylic acids is 2. The molecule has 0 aliphatic heterocycles. The van der Waals surface area contributed by atoms with Crippen molar-refractivity contribution in [3.63, 3.8) is 0 Å². The number of hydrogen-bond donors (Lipinski definition) is 1. The first-order valence-corrected chi connectivity index (χ1v) is 16.6. The maximum absolute atomic E-state index is 14.1. The van der Waals surface area contributed by atoms with Crippen molar-refractivity contribution < 1.29 is 27.5 Å². The Morgan fingerprint density at radius 2 is 1.51 bits per heavy atom. The molecule has 0 heterocycles. The molecule has 3 rings (SSSR count).